The molecule has 0 aliphatic carbocycles. The molecule has 2 aromatic carbocycles. The van der Waals surface area contributed by atoms with Crippen LogP contribution in [0.1, 0.15) is 26.3 Å². The second-order valence-corrected chi connectivity index (χ2v) is 6.73. The Hall–Kier alpha value is -3.04. The summed E-state index contributed by atoms with van der Waals surface area (Å²) < 4.78 is 10.9. The summed E-state index contributed by atoms with van der Waals surface area (Å²) in [4.78, 5) is 24.6. The van der Waals surface area contributed by atoms with Crippen molar-refractivity contribution in [1.82, 2.24) is 0 Å². The number of halogens is 1. The lowest BCUT2D eigenvalue weighted by molar-refractivity contribution is -0.166. The van der Waals surface area contributed by atoms with Gasteiger partial charge in [0.1, 0.15) is 5.75 Å². The van der Waals surface area contributed by atoms with Gasteiger partial charge in [0.05, 0.1) is 11.6 Å². The Labute approximate surface area is 162 Å². The molecule has 1 atom stereocenters. The zero-order valence-corrected chi connectivity index (χ0v) is 15.9. The molecule has 6 nitrogen and oxygen atoms in total. The monoisotopic (exact) mass is 386 g/mol. The maximum atomic E-state index is 12.4. The zero-order chi connectivity index (χ0) is 20.0. The van der Waals surface area contributed by atoms with Crippen LogP contribution in [-0.4, -0.2) is 23.6 Å². The van der Waals surface area contributed by atoms with E-state index in [9.17, 15) is 9.59 Å². The summed E-state index contributed by atoms with van der Waals surface area (Å²) in [5, 5.41) is 12.0. The number of nitriles is 1. The van der Waals surface area contributed by atoms with Crippen molar-refractivity contribution in [2.45, 2.75) is 32.5 Å². The quantitative estimate of drug-likeness (QED) is 0.759. The van der Waals surface area contributed by atoms with Crippen molar-refractivity contribution >= 4 is 29.2 Å². The molecule has 0 saturated heterocycles. The van der Waals surface area contributed by atoms with Crippen LogP contribution in [0.25, 0.3) is 0 Å². The van der Waals surface area contributed by atoms with E-state index in [4.69, 9.17) is 26.3 Å². The molecule has 0 radical (unpaired) electrons. The molecule has 0 aliphatic heterocycles. The van der Waals surface area contributed by atoms with Gasteiger partial charge in [0.2, 0.25) is 0 Å². The highest BCUT2D eigenvalue weighted by molar-refractivity contribution is 6.30. The number of ether oxygens (including phenoxy) is 2. The van der Waals surface area contributed by atoms with Crippen molar-refractivity contribution in [3.63, 3.8) is 0 Å². The van der Waals surface area contributed by atoms with Crippen molar-refractivity contribution in [3.05, 3.63) is 59.1 Å². The minimum Gasteiger partial charge on any atom is -0.476 e. The first-order valence-corrected chi connectivity index (χ1v) is 8.56. The zero-order valence-electron chi connectivity index (χ0n) is 15.2. The Morgan fingerprint density at radius 2 is 1.70 bits per heavy atom. The maximum absolute atomic E-state index is 12.4. The highest BCUT2D eigenvalue weighted by Gasteiger charge is 2.34. The Morgan fingerprint density at radius 3 is 2.26 bits per heavy atom. The molecule has 7 heteroatoms. The Bertz CT molecular complexity index is 855. The Kier molecular flexibility index (Phi) is 6.43. The topological polar surface area (TPSA) is 88.4 Å². The highest BCUT2D eigenvalue weighted by Crippen LogP contribution is 2.22. The Morgan fingerprint density at radius 1 is 1.11 bits per heavy atom. The van der Waals surface area contributed by atoms with Gasteiger partial charge in [0.15, 0.2) is 11.7 Å². The highest BCUT2D eigenvalue weighted by atomic mass is 35.5. The van der Waals surface area contributed by atoms with Crippen molar-refractivity contribution in [1.29, 1.82) is 5.26 Å². The number of esters is 1. The Balaban J connectivity index is 1.94. The maximum Gasteiger partial charge on any atom is 0.350 e. The number of benzene rings is 2. The van der Waals surface area contributed by atoms with E-state index in [1.807, 2.05) is 6.07 Å². The molecule has 27 heavy (non-hydrogen) atoms. The fourth-order valence-electron chi connectivity index (χ4n) is 2.07. The van der Waals surface area contributed by atoms with Crippen molar-refractivity contribution in [3.8, 4) is 11.8 Å². The predicted octanol–water partition coefficient (Wildman–Crippen LogP) is 3.94. The van der Waals surface area contributed by atoms with E-state index >= 15 is 0 Å². The third kappa shape index (κ3) is 5.73. The summed E-state index contributed by atoms with van der Waals surface area (Å²) in [5.41, 5.74) is -0.316. The van der Waals surface area contributed by atoms with Crippen LogP contribution < -0.4 is 10.1 Å². The molecule has 0 aliphatic rings. The molecule has 1 amide bonds. The molecule has 0 fully saturated rings. The fourth-order valence-corrected chi connectivity index (χ4v) is 2.19. The summed E-state index contributed by atoms with van der Waals surface area (Å²) in [6.07, 6.45) is -1.03. The summed E-state index contributed by atoms with van der Waals surface area (Å²) in [6.45, 7) is 4.57. The van der Waals surface area contributed by atoms with Crippen LogP contribution in [0, 0.1) is 11.3 Å². The minimum atomic E-state index is -1.29. The van der Waals surface area contributed by atoms with Gasteiger partial charge in [-0.15, -0.1) is 0 Å². The smallest absolute Gasteiger partial charge is 0.350 e. The summed E-state index contributed by atoms with van der Waals surface area (Å²) >= 11 is 5.83. The first-order chi connectivity index (χ1) is 12.7. The summed E-state index contributed by atoms with van der Waals surface area (Å²) in [5.74, 6) is -0.716. The van der Waals surface area contributed by atoms with Gasteiger partial charge in [-0.05, 0) is 69.3 Å². The van der Waals surface area contributed by atoms with Crippen molar-refractivity contribution in [2.75, 3.05) is 5.32 Å². The van der Waals surface area contributed by atoms with E-state index in [1.54, 1.807) is 62.4 Å². The molecule has 1 N–H and O–H groups in total. The average Bonchev–Trinajstić information content (AvgIpc) is 2.64. The van der Waals surface area contributed by atoms with Crippen LogP contribution in [-0.2, 0) is 14.3 Å². The standard InChI is InChI=1S/C20H19ClN2O4/c1-13(18(24)23-16-8-4-14(12-22)5-9-16)26-19(25)20(2,3)27-17-10-6-15(21)7-11-17/h4-11,13H,1-3H3,(H,23,24)/t13-/m1/s1. The van der Waals surface area contributed by atoms with Crippen LogP contribution in [0.5, 0.6) is 5.75 Å². The van der Waals surface area contributed by atoms with E-state index in [0.29, 0.717) is 22.0 Å². The SMILES string of the molecule is C[C@@H](OC(=O)C(C)(C)Oc1ccc(Cl)cc1)C(=O)Nc1ccc(C#N)cc1. The molecule has 0 spiro atoms. The number of anilines is 1. The van der Waals surface area contributed by atoms with Gasteiger partial charge in [-0.1, -0.05) is 11.6 Å². The van der Waals surface area contributed by atoms with Gasteiger partial charge in [0.25, 0.3) is 5.91 Å². The summed E-state index contributed by atoms with van der Waals surface area (Å²) in [6, 6.07) is 14.9. The van der Waals surface area contributed by atoms with Gasteiger partial charge >= 0.3 is 5.97 Å². The van der Waals surface area contributed by atoms with Gasteiger partial charge < -0.3 is 14.8 Å². The van der Waals surface area contributed by atoms with E-state index in [-0.39, 0.29) is 0 Å². The number of carbonyl (C=O) groups is 2. The van der Waals surface area contributed by atoms with Crippen LogP contribution in [0.4, 0.5) is 5.69 Å². The number of nitrogens with one attached hydrogen (secondary N) is 1. The van der Waals surface area contributed by atoms with Crippen LogP contribution in [0.3, 0.4) is 0 Å². The fraction of sp³-hybridized carbons (Fsp3) is 0.250. The van der Waals surface area contributed by atoms with Crippen molar-refractivity contribution < 1.29 is 19.1 Å². The molecular weight excluding hydrogens is 368 g/mol. The number of hydrogen-bond donors (Lipinski definition) is 1. The average molecular weight is 387 g/mol. The van der Waals surface area contributed by atoms with Crippen LogP contribution in [0.15, 0.2) is 48.5 Å². The lowest BCUT2D eigenvalue weighted by Gasteiger charge is -2.26. The molecular formula is C20H19ClN2O4. The van der Waals surface area contributed by atoms with Crippen molar-refractivity contribution in [2.24, 2.45) is 0 Å². The summed E-state index contributed by atoms with van der Waals surface area (Å²) in [7, 11) is 0. The van der Waals surface area contributed by atoms with Gasteiger partial charge in [-0.3, -0.25) is 4.79 Å². The van der Waals surface area contributed by atoms with E-state index in [0.717, 1.165) is 0 Å². The van der Waals surface area contributed by atoms with Crippen LogP contribution >= 0.6 is 11.6 Å². The van der Waals surface area contributed by atoms with Gasteiger partial charge in [-0.2, -0.15) is 5.26 Å². The third-order valence-corrected chi connectivity index (χ3v) is 3.86. The molecule has 0 heterocycles. The molecule has 2 aromatic rings. The van der Waals surface area contributed by atoms with Gasteiger partial charge in [0, 0.05) is 10.7 Å². The van der Waals surface area contributed by atoms with E-state index in [2.05, 4.69) is 5.32 Å². The first-order valence-electron chi connectivity index (χ1n) is 8.18. The minimum absolute atomic E-state index is 0.455. The lowest BCUT2D eigenvalue weighted by Crippen LogP contribution is -2.43. The molecule has 2 rings (SSSR count). The predicted molar refractivity (Wildman–Crippen MR) is 101 cm³/mol. The second-order valence-electron chi connectivity index (χ2n) is 6.29. The third-order valence-electron chi connectivity index (χ3n) is 3.61. The number of amides is 1. The van der Waals surface area contributed by atoms with E-state index in [1.165, 1.54) is 6.92 Å². The number of rotatable bonds is 6. The molecule has 0 bridgehead atoms. The largest absolute Gasteiger partial charge is 0.476 e. The first kappa shape index (κ1) is 20.3. The second kappa shape index (κ2) is 8.56. The molecule has 0 unspecified atom stereocenters. The van der Waals surface area contributed by atoms with E-state index < -0.39 is 23.6 Å². The molecule has 0 aromatic heterocycles. The van der Waals surface area contributed by atoms with Crippen LogP contribution in [0.2, 0.25) is 5.02 Å². The van der Waals surface area contributed by atoms with Gasteiger partial charge in [-0.25, -0.2) is 4.79 Å². The molecule has 0 saturated carbocycles. The number of hydrogen-bond acceptors (Lipinski definition) is 5. The lowest BCUT2D eigenvalue weighted by atomic mass is 10.1. The molecule has 140 valence electrons. The number of nitrogens with zero attached hydrogens (tertiary/aromatic N) is 1. The normalized spacial score (nSPS) is 11.8. The number of carbonyl (C=O) groups excluding carboxylic acids is 2.